The van der Waals surface area contributed by atoms with Crippen molar-refractivity contribution >= 4 is 28.7 Å². The lowest BCUT2D eigenvalue weighted by Gasteiger charge is -2.36. The summed E-state index contributed by atoms with van der Waals surface area (Å²) in [7, 11) is 1.63. The molecule has 10 nitrogen and oxygen atoms in total. The summed E-state index contributed by atoms with van der Waals surface area (Å²) in [5, 5.41) is 4.19. The van der Waals surface area contributed by atoms with Crippen molar-refractivity contribution in [2.45, 2.75) is 84.5 Å². The van der Waals surface area contributed by atoms with E-state index in [4.69, 9.17) is 9.47 Å². The zero-order valence-corrected chi connectivity index (χ0v) is 26.8. The second-order valence-electron chi connectivity index (χ2n) is 12.2. The zero-order valence-electron chi connectivity index (χ0n) is 26.8. The molecule has 238 valence electrons. The minimum Gasteiger partial charge on any atom is -0.493 e. The molecule has 0 aliphatic carbocycles. The van der Waals surface area contributed by atoms with Crippen LogP contribution in [-0.4, -0.2) is 83.3 Å². The number of nitrogens with zero attached hydrogens (tertiary/aromatic N) is 5. The molecule has 2 aromatic heterocycles. The number of urea groups is 1. The van der Waals surface area contributed by atoms with Gasteiger partial charge >= 0.3 is 6.03 Å². The molecule has 2 saturated heterocycles. The highest BCUT2D eigenvalue weighted by molar-refractivity contribution is 5.93. The second-order valence-corrected chi connectivity index (χ2v) is 12.2. The van der Waals surface area contributed by atoms with Gasteiger partial charge in [0.05, 0.1) is 13.7 Å². The first-order chi connectivity index (χ1) is 21.4. The Hall–Kier alpha value is -3.79. The van der Waals surface area contributed by atoms with E-state index in [1.807, 2.05) is 50.9 Å². The lowest BCUT2D eigenvalue weighted by Crippen LogP contribution is -2.49. The SMILES string of the molecule is CCCCCOc1cc(N2CCCN(Cc3ccnc4c3ccn4CC(=O)NC3CCN(C(C)C)CC3)C2=O)ccc1OC. The van der Waals surface area contributed by atoms with Gasteiger partial charge in [0.25, 0.3) is 0 Å². The Kier molecular flexibility index (Phi) is 10.6. The maximum absolute atomic E-state index is 13.7. The fourth-order valence-corrected chi connectivity index (χ4v) is 6.25. The maximum Gasteiger partial charge on any atom is 0.324 e. The number of likely N-dealkylation sites (tertiary alicyclic amines) is 1. The number of fused-ring (bicyclic) bond motifs is 1. The van der Waals surface area contributed by atoms with Gasteiger partial charge in [-0.3, -0.25) is 9.69 Å². The molecule has 0 atom stereocenters. The number of hydrogen-bond acceptors (Lipinski definition) is 6. The van der Waals surface area contributed by atoms with E-state index in [1.54, 1.807) is 13.3 Å². The number of anilines is 1. The third kappa shape index (κ3) is 7.46. The van der Waals surface area contributed by atoms with Gasteiger partial charge in [-0.05, 0) is 69.4 Å². The summed E-state index contributed by atoms with van der Waals surface area (Å²) in [6, 6.07) is 10.4. The summed E-state index contributed by atoms with van der Waals surface area (Å²) in [4.78, 5) is 37.5. The van der Waals surface area contributed by atoms with Crippen LogP contribution in [-0.2, 0) is 17.9 Å². The number of amides is 3. The van der Waals surface area contributed by atoms with Crippen LogP contribution in [0.5, 0.6) is 11.5 Å². The Labute approximate surface area is 261 Å². The maximum atomic E-state index is 13.7. The highest BCUT2D eigenvalue weighted by Gasteiger charge is 2.28. The van der Waals surface area contributed by atoms with Crippen molar-refractivity contribution in [1.29, 1.82) is 0 Å². The number of piperidine rings is 1. The van der Waals surface area contributed by atoms with Gasteiger partial charge in [-0.15, -0.1) is 0 Å². The van der Waals surface area contributed by atoms with Crippen LogP contribution in [0.1, 0.15) is 64.9 Å². The molecule has 3 aromatic rings. The molecular formula is C34H48N6O4. The fourth-order valence-electron chi connectivity index (χ4n) is 6.25. The number of ether oxygens (including phenoxy) is 2. The minimum atomic E-state index is -0.0364. The number of nitrogens with one attached hydrogen (secondary N) is 1. The number of carbonyl (C=O) groups excluding carboxylic acids is 2. The number of rotatable bonds is 13. The van der Waals surface area contributed by atoms with E-state index in [-0.39, 0.29) is 24.5 Å². The molecule has 1 aromatic carbocycles. The monoisotopic (exact) mass is 604 g/mol. The number of carbonyl (C=O) groups is 2. The molecule has 2 fully saturated rings. The molecule has 2 aliphatic rings. The van der Waals surface area contributed by atoms with Crippen molar-refractivity contribution < 1.29 is 19.1 Å². The standard InChI is InChI=1S/C34H48N6O4/c1-5-6-7-21-44-31-22-28(9-10-30(31)43-4)40-17-8-16-39(34(40)42)23-26-11-15-35-33-29(26)14-20-38(33)24-32(41)36-27-12-18-37(19-13-27)25(2)3/h9-11,14-15,20,22,25,27H,5-8,12-13,16-19,21,23-24H2,1-4H3,(H,36,41). The van der Waals surface area contributed by atoms with Crippen molar-refractivity contribution in [1.82, 2.24) is 24.7 Å². The fraction of sp³-hybridized carbons (Fsp3) is 0.559. The number of hydrogen-bond donors (Lipinski definition) is 1. The molecule has 0 radical (unpaired) electrons. The molecule has 44 heavy (non-hydrogen) atoms. The van der Waals surface area contributed by atoms with Crippen molar-refractivity contribution in [3.8, 4) is 11.5 Å². The van der Waals surface area contributed by atoms with Gasteiger partial charge in [0, 0.05) is 74.3 Å². The normalized spacial score (nSPS) is 16.6. The number of methoxy groups -OCH3 is 1. The van der Waals surface area contributed by atoms with Gasteiger partial charge in [-0.1, -0.05) is 19.8 Å². The van der Waals surface area contributed by atoms with E-state index in [1.165, 1.54) is 0 Å². The van der Waals surface area contributed by atoms with E-state index in [0.29, 0.717) is 43.8 Å². The Morgan fingerprint density at radius 1 is 1.07 bits per heavy atom. The molecule has 0 unspecified atom stereocenters. The third-order valence-electron chi connectivity index (χ3n) is 8.83. The lowest BCUT2D eigenvalue weighted by atomic mass is 10.0. The first-order valence-corrected chi connectivity index (χ1v) is 16.2. The Balaban J connectivity index is 1.23. The smallest absolute Gasteiger partial charge is 0.324 e. The van der Waals surface area contributed by atoms with Gasteiger partial charge in [-0.25, -0.2) is 9.78 Å². The molecule has 2 aliphatic heterocycles. The minimum absolute atomic E-state index is 0.00718. The van der Waals surface area contributed by atoms with Gasteiger partial charge in [0.2, 0.25) is 5.91 Å². The summed E-state index contributed by atoms with van der Waals surface area (Å²) in [5.41, 5.74) is 2.58. The van der Waals surface area contributed by atoms with Crippen LogP contribution in [0.2, 0.25) is 0 Å². The average molecular weight is 605 g/mol. The van der Waals surface area contributed by atoms with Crippen LogP contribution in [0.3, 0.4) is 0 Å². The molecule has 10 heteroatoms. The molecule has 1 N–H and O–H groups in total. The quantitative estimate of drug-likeness (QED) is 0.262. The number of benzene rings is 1. The predicted molar refractivity (Wildman–Crippen MR) is 173 cm³/mol. The first kappa shape index (κ1) is 31.6. The van der Waals surface area contributed by atoms with Crippen molar-refractivity contribution in [2.75, 3.05) is 44.8 Å². The van der Waals surface area contributed by atoms with Crippen LogP contribution in [0.15, 0.2) is 42.7 Å². The average Bonchev–Trinajstić information content (AvgIpc) is 3.43. The van der Waals surface area contributed by atoms with Gasteiger partial charge < -0.3 is 29.2 Å². The Bertz CT molecular complexity index is 1410. The summed E-state index contributed by atoms with van der Waals surface area (Å²) >= 11 is 0. The van der Waals surface area contributed by atoms with Crippen molar-refractivity contribution in [3.05, 3.63) is 48.3 Å². The third-order valence-corrected chi connectivity index (χ3v) is 8.83. The number of aromatic nitrogens is 2. The van der Waals surface area contributed by atoms with E-state index in [9.17, 15) is 9.59 Å². The number of pyridine rings is 1. The summed E-state index contributed by atoms with van der Waals surface area (Å²) in [5.74, 6) is 1.33. The van der Waals surface area contributed by atoms with E-state index >= 15 is 0 Å². The van der Waals surface area contributed by atoms with Gasteiger partial charge in [0.15, 0.2) is 11.5 Å². The van der Waals surface area contributed by atoms with Gasteiger partial charge in [-0.2, -0.15) is 0 Å². The molecular weight excluding hydrogens is 556 g/mol. The van der Waals surface area contributed by atoms with Crippen molar-refractivity contribution in [3.63, 3.8) is 0 Å². The van der Waals surface area contributed by atoms with Crippen LogP contribution in [0.25, 0.3) is 11.0 Å². The van der Waals surface area contributed by atoms with E-state index in [2.05, 4.69) is 36.0 Å². The Morgan fingerprint density at radius 3 is 2.64 bits per heavy atom. The zero-order chi connectivity index (χ0) is 31.1. The van der Waals surface area contributed by atoms with Crippen LogP contribution >= 0.6 is 0 Å². The summed E-state index contributed by atoms with van der Waals surface area (Å²) in [6.45, 7) is 11.3. The highest BCUT2D eigenvalue weighted by atomic mass is 16.5. The first-order valence-electron chi connectivity index (χ1n) is 16.2. The lowest BCUT2D eigenvalue weighted by molar-refractivity contribution is -0.122. The van der Waals surface area contributed by atoms with Crippen molar-refractivity contribution in [2.24, 2.45) is 0 Å². The van der Waals surface area contributed by atoms with Crippen LogP contribution < -0.4 is 19.7 Å². The second kappa shape index (κ2) is 14.8. The van der Waals surface area contributed by atoms with Crippen LogP contribution in [0, 0.1) is 0 Å². The molecule has 4 heterocycles. The molecule has 5 rings (SSSR count). The molecule has 0 spiro atoms. The van der Waals surface area contributed by atoms with E-state index in [0.717, 1.165) is 73.9 Å². The van der Waals surface area contributed by atoms with E-state index < -0.39 is 0 Å². The predicted octanol–water partition coefficient (Wildman–Crippen LogP) is 5.44. The molecule has 0 saturated carbocycles. The topological polar surface area (TPSA) is 92.2 Å². The molecule has 3 amide bonds. The Morgan fingerprint density at radius 2 is 1.89 bits per heavy atom. The summed E-state index contributed by atoms with van der Waals surface area (Å²) in [6.07, 6.45) is 9.71. The largest absolute Gasteiger partial charge is 0.493 e. The van der Waals surface area contributed by atoms with Gasteiger partial charge in [0.1, 0.15) is 12.2 Å². The summed E-state index contributed by atoms with van der Waals surface area (Å²) < 4.78 is 13.5. The highest BCUT2D eigenvalue weighted by Crippen LogP contribution is 2.34. The number of unbranched alkanes of at least 4 members (excludes halogenated alkanes) is 2. The van der Waals surface area contributed by atoms with Crippen LogP contribution in [0.4, 0.5) is 10.5 Å². The molecule has 0 bridgehead atoms.